The van der Waals surface area contributed by atoms with Crippen LogP contribution < -0.4 is 11.1 Å². The van der Waals surface area contributed by atoms with Crippen LogP contribution in [0, 0.1) is 0 Å². The van der Waals surface area contributed by atoms with Gasteiger partial charge >= 0.3 is 12.1 Å². The zero-order valence-corrected chi connectivity index (χ0v) is 11.2. The van der Waals surface area contributed by atoms with E-state index in [4.69, 9.17) is 15.6 Å². The minimum Gasteiger partial charge on any atom is -0.480 e. The average Bonchev–Trinajstić information content (AvgIpc) is 2.14. The Balaban J connectivity index is 0. The van der Waals surface area contributed by atoms with Crippen LogP contribution in [0.2, 0.25) is 0 Å². The third-order valence-corrected chi connectivity index (χ3v) is 1.39. The fourth-order valence-corrected chi connectivity index (χ4v) is 0.546. The number of nitrogens with two attached hydrogens (primary N) is 1. The molecule has 0 saturated carbocycles. The molecule has 0 saturated heterocycles. The molecule has 0 aliphatic rings. The van der Waals surface area contributed by atoms with Crippen LogP contribution >= 0.6 is 0 Å². The summed E-state index contributed by atoms with van der Waals surface area (Å²) in [5, 5.41) is 10.6. The summed E-state index contributed by atoms with van der Waals surface area (Å²) in [4.78, 5) is 21.3. The molecule has 0 spiro atoms. The van der Waals surface area contributed by atoms with E-state index in [0.717, 1.165) is 13.0 Å². The molecule has 4 N–H and O–H groups in total. The largest absolute Gasteiger partial charge is 0.480 e. The van der Waals surface area contributed by atoms with E-state index in [1.165, 1.54) is 6.92 Å². The lowest BCUT2D eigenvalue weighted by Gasteiger charge is -2.20. The fraction of sp³-hybridized carbons (Fsp3) is 0.818. The van der Waals surface area contributed by atoms with E-state index in [1.807, 2.05) is 0 Å². The zero-order valence-electron chi connectivity index (χ0n) is 11.2. The standard InChI is InChI=1S/C8H15NO4.C3H9N/c1-5(6(10)11)9-7(12)13-8(2,3)4;1-2-3-4/h5H,1-4H3,(H,9,12)(H,10,11);2-4H2,1H3. The molecular formula is C11H24N2O4. The highest BCUT2D eigenvalue weighted by Gasteiger charge is 2.20. The number of carboxylic acids is 1. The summed E-state index contributed by atoms with van der Waals surface area (Å²) in [5.41, 5.74) is 4.42. The number of alkyl carbamates (subject to hydrolysis) is 1. The van der Waals surface area contributed by atoms with Crippen LogP contribution in [0.4, 0.5) is 4.79 Å². The summed E-state index contributed by atoms with van der Waals surface area (Å²) in [6, 6.07) is -0.935. The zero-order chi connectivity index (χ0) is 14.1. The monoisotopic (exact) mass is 248 g/mol. The second-order valence-corrected chi connectivity index (χ2v) is 4.49. The number of carboxylic acid groups (broad SMARTS) is 1. The first-order valence-corrected chi connectivity index (χ1v) is 5.56. The third-order valence-electron chi connectivity index (χ3n) is 1.39. The Kier molecular flexibility index (Phi) is 9.36. The summed E-state index contributed by atoms with van der Waals surface area (Å²) in [5.74, 6) is -1.09. The minimum atomic E-state index is -1.09. The molecule has 1 amide bonds. The molecule has 0 bridgehead atoms. The summed E-state index contributed by atoms with van der Waals surface area (Å²) in [6.45, 7) is 9.36. The van der Waals surface area contributed by atoms with E-state index < -0.39 is 23.7 Å². The van der Waals surface area contributed by atoms with Crippen LogP contribution in [-0.2, 0) is 9.53 Å². The number of ether oxygens (including phenoxy) is 1. The van der Waals surface area contributed by atoms with Crippen molar-refractivity contribution in [1.29, 1.82) is 0 Å². The van der Waals surface area contributed by atoms with Crippen molar-refractivity contribution in [2.24, 2.45) is 5.73 Å². The molecule has 6 heteroatoms. The summed E-state index contributed by atoms with van der Waals surface area (Å²) in [6.07, 6.45) is 0.377. The predicted octanol–water partition coefficient (Wildman–Crippen LogP) is 1.34. The van der Waals surface area contributed by atoms with Gasteiger partial charge in [-0.1, -0.05) is 6.92 Å². The maximum Gasteiger partial charge on any atom is 0.408 e. The molecule has 0 aromatic rings. The van der Waals surface area contributed by atoms with Gasteiger partial charge in [0.1, 0.15) is 11.6 Å². The molecule has 17 heavy (non-hydrogen) atoms. The lowest BCUT2D eigenvalue weighted by Crippen LogP contribution is -2.41. The first-order valence-electron chi connectivity index (χ1n) is 5.56. The third kappa shape index (κ3) is 14.7. The van der Waals surface area contributed by atoms with E-state index >= 15 is 0 Å². The fourth-order valence-electron chi connectivity index (χ4n) is 0.546. The first kappa shape index (κ1) is 18.1. The Morgan fingerprint density at radius 3 is 2.06 bits per heavy atom. The van der Waals surface area contributed by atoms with Gasteiger partial charge < -0.3 is 20.9 Å². The van der Waals surface area contributed by atoms with Crippen molar-refractivity contribution < 1.29 is 19.4 Å². The second kappa shape index (κ2) is 8.81. The highest BCUT2D eigenvalue weighted by atomic mass is 16.6. The van der Waals surface area contributed by atoms with Gasteiger partial charge in [0.15, 0.2) is 0 Å². The Bertz CT molecular complexity index is 234. The molecule has 1 atom stereocenters. The molecule has 0 aromatic heterocycles. The Morgan fingerprint density at radius 2 is 1.82 bits per heavy atom. The minimum absolute atomic E-state index is 0.609. The van der Waals surface area contributed by atoms with Gasteiger partial charge in [-0.15, -0.1) is 0 Å². The maximum absolute atomic E-state index is 11.0. The lowest BCUT2D eigenvalue weighted by molar-refractivity contribution is -0.139. The summed E-state index contributed by atoms with van der Waals surface area (Å²) in [7, 11) is 0. The number of hydrogen-bond acceptors (Lipinski definition) is 4. The van der Waals surface area contributed by atoms with Crippen LogP contribution in [0.25, 0.3) is 0 Å². The van der Waals surface area contributed by atoms with Crippen molar-refractivity contribution in [3.05, 3.63) is 0 Å². The quantitative estimate of drug-likeness (QED) is 0.699. The smallest absolute Gasteiger partial charge is 0.408 e. The van der Waals surface area contributed by atoms with Crippen molar-refractivity contribution >= 4 is 12.1 Å². The van der Waals surface area contributed by atoms with Crippen LogP contribution in [0.1, 0.15) is 41.0 Å². The van der Waals surface area contributed by atoms with Crippen LogP contribution in [-0.4, -0.2) is 35.4 Å². The van der Waals surface area contributed by atoms with Gasteiger partial charge in [-0.2, -0.15) is 0 Å². The molecule has 6 nitrogen and oxygen atoms in total. The van der Waals surface area contributed by atoms with Crippen molar-refractivity contribution in [1.82, 2.24) is 5.32 Å². The second-order valence-electron chi connectivity index (χ2n) is 4.49. The molecule has 0 aromatic carbocycles. The number of rotatable bonds is 3. The van der Waals surface area contributed by atoms with E-state index in [9.17, 15) is 9.59 Å². The molecular weight excluding hydrogens is 224 g/mol. The van der Waals surface area contributed by atoms with Crippen molar-refractivity contribution in [2.75, 3.05) is 6.54 Å². The van der Waals surface area contributed by atoms with Gasteiger partial charge in [0, 0.05) is 0 Å². The maximum atomic E-state index is 11.0. The van der Waals surface area contributed by atoms with Crippen LogP contribution in [0.5, 0.6) is 0 Å². The molecule has 0 aliphatic heterocycles. The summed E-state index contributed by atoms with van der Waals surface area (Å²) >= 11 is 0. The number of nitrogens with one attached hydrogen (secondary N) is 1. The number of carbonyl (C=O) groups is 2. The van der Waals surface area contributed by atoms with E-state index in [2.05, 4.69) is 12.2 Å². The van der Waals surface area contributed by atoms with Gasteiger partial charge in [-0.25, -0.2) is 4.79 Å². The molecule has 0 aliphatic carbocycles. The van der Waals surface area contributed by atoms with Gasteiger partial charge in [-0.3, -0.25) is 4.79 Å². The summed E-state index contributed by atoms with van der Waals surface area (Å²) < 4.78 is 4.85. The normalized spacial score (nSPS) is 11.9. The van der Waals surface area contributed by atoms with Crippen LogP contribution in [0.15, 0.2) is 0 Å². The van der Waals surface area contributed by atoms with Gasteiger partial charge in [0.05, 0.1) is 0 Å². The number of aliphatic carboxylic acids is 1. The van der Waals surface area contributed by atoms with Crippen molar-refractivity contribution in [2.45, 2.75) is 52.7 Å². The lowest BCUT2D eigenvalue weighted by atomic mass is 10.2. The Morgan fingerprint density at radius 1 is 1.41 bits per heavy atom. The molecule has 1 unspecified atom stereocenters. The van der Waals surface area contributed by atoms with Gasteiger partial charge in [0.25, 0.3) is 0 Å². The Hall–Kier alpha value is -1.30. The van der Waals surface area contributed by atoms with Crippen molar-refractivity contribution in [3.63, 3.8) is 0 Å². The van der Waals surface area contributed by atoms with Gasteiger partial charge in [-0.05, 0) is 40.7 Å². The van der Waals surface area contributed by atoms with E-state index in [0.29, 0.717) is 0 Å². The SMILES string of the molecule is CC(NC(=O)OC(C)(C)C)C(=O)O.CCCN. The van der Waals surface area contributed by atoms with E-state index in [-0.39, 0.29) is 0 Å². The van der Waals surface area contributed by atoms with Gasteiger partial charge in [0.2, 0.25) is 0 Å². The molecule has 0 radical (unpaired) electrons. The topological polar surface area (TPSA) is 102 Å². The number of carbonyl (C=O) groups excluding carboxylic acids is 1. The highest BCUT2D eigenvalue weighted by Crippen LogP contribution is 2.06. The molecule has 0 fully saturated rings. The van der Waals surface area contributed by atoms with Crippen LogP contribution in [0.3, 0.4) is 0 Å². The molecule has 0 heterocycles. The molecule has 0 rings (SSSR count). The molecule has 102 valence electrons. The van der Waals surface area contributed by atoms with E-state index in [1.54, 1.807) is 20.8 Å². The predicted molar refractivity (Wildman–Crippen MR) is 65.8 cm³/mol. The first-order chi connectivity index (χ1) is 7.64. The highest BCUT2D eigenvalue weighted by molar-refractivity contribution is 5.79. The Labute approximate surface area is 103 Å². The van der Waals surface area contributed by atoms with Crippen molar-refractivity contribution in [3.8, 4) is 0 Å². The average molecular weight is 248 g/mol. The number of hydrogen-bond donors (Lipinski definition) is 3. The number of amides is 1.